The molecule has 1 fully saturated rings. The monoisotopic (exact) mass is 243 g/mol. The Hall–Kier alpha value is -1.23. The third-order valence-electron chi connectivity index (χ3n) is 3.36. The van der Waals surface area contributed by atoms with Crippen molar-refractivity contribution >= 4 is 0 Å². The Morgan fingerprint density at radius 3 is 2.88 bits per heavy atom. The summed E-state index contributed by atoms with van der Waals surface area (Å²) >= 11 is 0. The van der Waals surface area contributed by atoms with Crippen LogP contribution in [0.2, 0.25) is 0 Å². The van der Waals surface area contributed by atoms with Crippen LogP contribution in [0.15, 0.2) is 18.2 Å². The van der Waals surface area contributed by atoms with E-state index in [2.05, 4.69) is 5.32 Å². The van der Waals surface area contributed by atoms with Gasteiger partial charge in [0.1, 0.15) is 11.9 Å². The molecule has 0 saturated carbocycles. The van der Waals surface area contributed by atoms with Crippen molar-refractivity contribution in [2.24, 2.45) is 0 Å². The van der Waals surface area contributed by atoms with Crippen molar-refractivity contribution < 1.29 is 17.9 Å². The van der Waals surface area contributed by atoms with Gasteiger partial charge in [-0.25, -0.2) is 0 Å². The fourth-order valence-electron chi connectivity index (χ4n) is 2.53. The predicted molar refractivity (Wildman–Crippen MR) is 55.8 cm³/mol. The van der Waals surface area contributed by atoms with Gasteiger partial charge in [0.2, 0.25) is 0 Å². The van der Waals surface area contributed by atoms with Gasteiger partial charge in [0.05, 0.1) is 11.6 Å². The Labute approximate surface area is 96.8 Å². The molecule has 0 unspecified atom stereocenters. The van der Waals surface area contributed by atoms with E-state index in [1.165, 1.54) is 6.07 Å². The third kappa shape index (κ3) is 1.78. The van der Waals surface area contributed by atoms with Gasteiger partial charge in [0.25, 0.3) is 0 Å². The molecule has 3 rings (SSSR count). The fourth-order valence-corrected chi connectivity index (χ4v) is 2.53. The highest BCUT2D eigenvalue weighted by Crippen LogP contribution is 2.42. The summed E-state index contributed by atoms with van der Waals surface area (Å²) in [6.45, 7) is 0.894. The van der Waals surface area contributed by atoms with Gasteiger partial charge in [-0.15, -0.1) is 0 Å². The summed E-state index contributed by atoms with van der Waals surface area (Å²) in [6, 6.07) is 3.82. The zero-order valence-corrected chi connectivity index (χ0v) is 9.05. The Balaban J connectivity index is 1.97. The topological polar surface area (TPSA) is 21.3 Å². The molecule has 0 radical (unpaired) electrons. The normalized spacial score (nSPS) is 27.2. The molecule has 2 heterocycles. The lowest BCUT2D eigenvalue weighted by Gasteiger charge is -2.25. The minimum absolute atomic E-state index is 0.0118. The largest absolute Gasteiger partial charge is 0.488 e. The van der Waals surface area contributed by atoms with Gasteiger partial charge in [0.15, 0.2) is 0 Å². The second-order valence-corrected chi connectivity index (χ2v) is 4.48. The van der Waals surface area contributed by atoms with E-state index in [-0.39, 0.29) is 12.1 Å². The molecule has 1 aromatic rings. The minimum atomic E-state index is -4.31. The zero-order valence-electron chi connectivity index (χ0n) is 9.05. The summed E-state index contributed by atoms with van der Waals surface area (Å²) in [5.41, 5.74) is 0.206. The van der Waals surface area contributed by atoms with Gasteiger partial charge in [-0.05, 0) is 31.5 Å². The molecular formula is C12H12F3NO. The average Bonchev–Trinajstić information content (AvgIpc) is 2.65. The van der Waals surface area contributed by atoms with E-state index >= 15 is 0 Å². The summed E-state index contributed by atoms with van der Waals surface area (Å²) in [6.07, 6.45) is -2.42. The zero-order chi connectivity index (χ0) is 12.0. The molecule has 92 valence electrons. The van der Waals surface area contributed by atoms with Crippen molar-refractivity contribution in [2.45, 2.75) is 31.2 Å². The fraction of sp³-hybridized carbons (Fsp3) is 0.500. The maximum Gasteiger partial charge on any atom is 0.416 e. The third-order valence-corrected chi connectivity index (χ3v) is 3.36. The highest BCUT2D eigenvalue weighted by molar-refractivity contribution is 5.44. The molecule has 1 N–H and O–H groups in total. The van der Waals surface area contributed by atoms with Gasteiger partial charge in [-0.1, -0.05) is 6.07 Å². The molecule has 5 heteroatoms. The lowest BCUT2D eigenvalue weighted by atomic mass is 9.96. The number of rotatable bonds is 0. The number of alkyl halides is 3. The van der Waals surface area contributed by atoms with Crippen molar-refractivity contribution in [3.8, 4) is 5.75 Å². The van der Waals surface area contributed by atoms with E-state index in [1.54, 1.807) is 0 Å². The summed E-state index contributed by atoms with van der Waals surface area (Å²) < 4.78 is 43.3. The smallest absolute Gasteiger partial charge is 0.416 e. The molecule has 0 bridgehead atoms. The van der Waals surface area contributed by atoms with Crippen LogP contribution in [0.1, 0.15) is 30.0 Å². The van der Waals surface area contributed by atoms with Gasteiger partial charge in [-0.2, -0.15) is 13.2 Å². The summed E-state index contributed by atoms with van der Waals surface area (Å²) in [5, 5.41) is 3.29. The second-order valence-electron chi connectivity index (χ2n) is 4.48. The van der Waals surface area contributed by atoms with Gasteiger partial charge in [-0.3, -0.25) is 0 Å². The Kier molecular flexibility index (Phi) is 2.33. The van der Waals surface area contributed by atoms with Crippen LogP contribution < -0.4 is 10.1 Å². The maximum atomic E-state index is 12.6. The first-order valence-electron chi connectivity index (χ1n) is 5.67. The van der Waals surface area contributed by atoms with Crippen LogP contribution in [-0.4, -0.2) is 12.6 Å². The molecule has 0 amide bonds. The number of nitrogens with one attached hydrogen (secondary N) is 1. The van der Waals surface area contributed by atoms with Crippen LogP contribution in [0.25, 0.3) is 0 Å². The highest BCUT2D eigenvalue weighted by Gasteiger charge is 2.38. The van der Waals surface area contributed by atoms with Crippen LogP contribution in [0.3, 0.4) is 0 Å². The predicted octanol–water partition coefficient (Wildman–Crippen LogP) is 2.89. The Morgan fingerprint density at radius 2 is 2.12 bits per heavy atom. The molecule has 1 saturated heterocycles. The molecule has 0 aliphatic carbocycles. The molecule has 2 nitrogen and oxygen atoms in total. The van der Waals surface area contributed by atoms with Crippen LogP contribution in [-0.2, 0) is 6.18 Å². The molecule has 2 atom stereocenters. The lowest BCUT2D eigenvalue weighted by Crippen LogP contribution is -2.36. The van der Waals surface area contributed by atoms with Crippen molar-refractivity contribution in [3.05, 3.63) is 29.3 Å². The Bertz CT molecular complexity index is 444. The van der Waals surface area contributed by atoms with Crippen LogP contribution >= 0.6 is 0 Å². The molecule has 0 spiro atoms. The highest BCUT2D eigenvalue weighted by atomic mass is 19.4. The van der Waals surface area contributed by atoms with Crippen LogP contribution in [0.4, 0.5) is 13.2 Å². The van der Waals surface area contributed by atoms with Crippen molar-refractivity contribution in [1.82, 2.24) is 5.32 Å². The Morgan fingerprint density at radius 1 is 1.29 bits per heavy atom. The number of halogens is 3. The molecule has 1 aromatic carbocycles. The lowest BCUT2D eigenvalue weighted by molar-refractivity contribution is -0.137. The number of benzene rings is 1. The van der Waals surface area contributed by atoms with E-state index in [4.69, 9.17) is 4.74 Å². The summed E-state index contributed by atoms with van der Waals surface area (Å²) in [5.74, 6) is 0.379. The van der Waals surface area contributed by atoms with E-state index in [9.17, 15) is 13.2 Å². The number of piperidine rings is 1. The van der Waals surface area contributed by atoms with Crippen molar-refractivity contribution in [1.29, 1.82) is 0 Å². The minimum Gasteiger partial charge on any atom is -0.488 e. The van der Waals surface area contributed by atoms with Crippen LogP contribution in [0.5, 0.6) is 5.75 Å². The summed E-state index contributed by atoms with van der Waals surface area (Å²) in [7, 11) is 0. The molecular weight excluding hydrogens is 231 g/mol. The summed E-state index contributed by atoms with van der Waals surface area (Å²) in [4.78, 5) is 0. The number of ether oxygens (including phenoxy) is 1. The first-order valence-corrected chi connectivity index (χ1v) is 5.67. The first kappa shape index (κ1) is 10.9. The molecule has 2 aliphatic rings. The SMILES string of the molecule is FC(F)(F)c1ccc2c(c1)O[C@@H]1CCCN[C@H]21. The number of hydrogen-bond acceptors (Lipinski definition) is 2. The van der Waals surface area contributed by atoms with Crippen molar-refractivity contribution in [3.63, 3.8) is 0 Å². The van der Waals surface area contributed by atoms with Crippen LogP contribution in [0, 0.1) is 0 Å². The van der Waals surface area contributed by atoms with Crippen molar-refractivity contribution in [2.75, 3.05) is 6.54 Å². The van der Waals surface area contributed by atoms with Gasteiger partial charge in [0, 0.05) is 5.56 Å². The first-order chi connectivity index (χ1) is 8.05. The number of hydrogen-bond donors (Lipinski definition) is 1. The van der Waals surface area contributed by atoms with E-state index in [0.717, 1.165) is 37.1 Å². The average molecular weight is 243 g/mol. The molecule has 17 heavy (non-hydrogen) atoms. The molecule has 0 aromatic heterocycles. The molecule has 2 aliphatic heterocycles. The second kappa shape index (κ2) is 3.63. The van der Waals surface area contributed by atoms with E-state index in [0.29, 0.717) is 5.75 Å². The van der Waals surface area contributed by atoms with E-state index in [1.807, 2.05) is 0 Å². The maximum absolute atomic E-state index is 12.6. The quantitative estimate of drug-likeness (QED) is 0.756. The van der Waals surface area contributed by atoms with E-state index < -0.39 is 11.7 Å². The van der Waals surface area contributed by atoms with Gasteiger partial charge < -0.3 is 10.1 Å². The van der Waals surface area contributed by atoms with Gasteiger partial charge >= 0.3 is 6.18 Å². The standard InChI is InChI=1S/C12H12F3NO/c13-12(14,15)7-3-4-8-10(6-7)17-9-2-1-5-16-11(8)9/h3-4,6,9,11,16H,1-2,5H2/t9-,11-/m1/s1. The number of fused-ring (bicyclic) bond motifs is 3.